The van der Waals surface area contributed by atoms with Crippen LogP contribution in [0.4, 0.5) is 0 Å². The zero-order valence-electron chi connectivity index (χ0n) is 11.6. The number of hydrogen-bond acceptors (Lipinski definition) is 4. The monoisotopic (exact) mass is 276 g/mol. The molecule has 2 heterocycles. The summed E-state index contributed by atoms with van der Waals surface area (Å²) in [4.78, 5) is 16.7. The Balaban J connectivity index is 1.82. The van der Waals surface area contributed by atoms with Gasteiger partial charge in [-0.3, -0.25) is 9.69 Å². The van der Waals surface area contributed by atoms with Gasteiger partial charge in [-0.1, -0.05) is 6.07 Å². The van der Waals surface area contributed by atoms with E-state index in [2.05, 4.69) is 11.9 Å². The van der Waals surface area contributed by atoms with Crippen LogP contribution in [0.3, 0.4) is 0 Å². The number of carbonyl (C=O) groups is 1. The van der Waals surface area contributed by atoms with Crippen LogP contribution in [0.1, 0.15) is 29.6 Å². The van der Waals surface area contributed by atoms with E-state index in [-0.39, 0.29) is 23.0 Å². The molecule has 1 amide bonds. The van der Waals surface area contributed by atoms with Crippen LogP contribution in [-0.2, 0) is 0 Å². The summed E-state index contributed by atoms with van der Waals surface area (Å²) < 4.78 is 0. The molecule has 2 aliphatic heterocycles. The molecule has 5 nitrogen and oxygen atoms in total. The van der Waals surface area contributed by atoms with E-state index in [1.54, 1.807) is 17.0 Å². The first-order valence-corrected chi connectivity index (χ1v) is 7.10. The molecule has 2 aliphatic rings. The molecule has 0 saturated carbocycles. The van der Waals surface area contributed by atoms with Crippen LogP contribution in [0.25, 0.3) is 0 Å². The van der Waals surface area contributed by atoms with Gasteiger partial charge in [-0.25, -0.2) is 0 Å². The van der Waals surface area contributed by atoms with Crippen molar-refractivity contribution >= 4 is 5.91 Å². The maximum atomic E-state index is 12.5. The third-order valence-electron chi connectivity index (χ3n) is 4.68. The molecule has 2 fully saturated rings. The van der Waals surface area contributed by atoms with Crippen molar-refractivity contribution in [3.63, 3.8) is 0 Å². The van der Waals surface area contributed by atoms with E-state index in [4.69, 9.17) is 0 Å². The van der Waals surface area contributed by atoms with E-state index in [9.17, 15) is 15.0 Å². The average molecular weight is 276 g/mol. The summed E-state index contributed by atoms with van der Waals surface area (Å²) in [6.45, 7) is 1.40. The molecule has 1 aromatic carbocycles. The lowest BCUT2D eigenvalue weighted by Crippen LogP contribution is -2.39. The van der Waals surface area contributed by atoms with Gasteiger partial charge in [0.1, 0.15) is 0 Å². The van der Waals surface area contributed by atoms with Crippen LogP contribution >= 0.6 is 0 Å². The van der Waals surface area contributed by atoms with Gasteiger partial charge in [0.05, 0.1) is 5.56 Å². The number of phenols is 2. The Hall–Kier alpha value is -1.75. The topological polar surface area (TPSA) is 64.0 Å². The molecule has 5 heteroatoms. The molecular formula is C15H20N2O3. The minimum absolute atomic E-state index is 0.186. The van der Waals surface area contributed by atoms with Crippen LogP contribution in [0, 0.1) is 0 Å². The normalized spacial score (nSPS) is 26.6. The van der Waals surface area contributed by atoms with E-state index in [1.807, 2.05) is 0 Å². The highest BCUT2D eigenvalue weighted by Crippen LogP contribution is 2.32. The predicted octanol–water partition coefficient (Wildman–Crippen LogP) is 1.41. The standard InChI is InChI=1S/C15H20N2O3/c1-16-10-5-6-11(16)9-17(8-7-10)15(20)12-3-2-4-13(18)14(12)19/h2-4,10-11,18-19H,5-9H2,1H3. The lowest BCUT2D eigenvalue weighted by Gasteiger charge is -2.26. The fourth-order valence-electron chi connectivity index (χ4n) is 3.37. The fourth-order valence-corrected chi connectivity index (χ4v) is 3.37. The fraction of sp³-hybridized carbons (Fsp3) is 0.533. The molecule has 2 atom stereocenters. The first-order valence-electron chi connectivity index (χ1n) is 7.10. The number of hydrogen-bond donors (Lipinski definition) is 2. The van der Waals surface area contributed by atoms with Crippen molar-refractivity contribution < 1.29 is 15.0 Å². The van der Waals surface area contributed by atoms with Crippen molar-refractivity contribution in [1.29, 1.82) is 0 Å². The van der Waals surface area contributed by atoms with Gasteiger partial charge in [-0.15, -0.1) is 0 Å². The summed E-state index contributed by atoms with van der Waals surface area (Å²) in [5.74, 6) is -0.760. The Bertz CT molecular complexity index is 532. The predicted molar refractivity (Wildman–Crippen MR) is 74.9 cm³/mol. The second-order valence-electron chi connectivity index (χ2n) is 5.76. The van der Waals surface area contributed by atoms with Crippen molar-refractivity contribution in [3.8, 4) is 11.5 Å². The molecule has 2 N–H and O–H groups in total. The van der Waals surface area contributed by atoms with E-state index in [0.717, 1.165) is 12.8 Å². The molecule has 108 valence electrons. The van der Waals surface area contributed by atoms with Gasteiger partial charge < -0.3 is 15.1 Å². The highest BCUT2D eigenvalue weighted by Gasteiger charge is 2.36. The molecule has 0 radical (unpaired) electrons. The molecule has 3 rings (SSSR count). The summed E-state index contributed by atoms with van der Waals surface area (Å²) >= 11 is 0. The van der Waals surface area contributed by atoms with Gasteiger partial charge in [0, 0.05) is 25.2 Å². The van der Waals surface area contributed by atoms with Crippen LogP contribution in [-0.4, -0.2) is 58.1 Å². The van der Waals surface area contributed by atoms with Gasteiger partial charge >= 0.3 is 0 Å². The zero-order valence-corrected chi connectivity index (χ0v) is 11.6. The number of phenolic OH excluding ortho intramolecular Hbond substituents is 2. The van der Waals surface area contributed by atoms with Gasteiger partial charge in [-0.2, -0.15) is 0 Å². The number of nitrogens with zero attached hydrogens (tertiary/aromatic N) is 2. The number of fused-ring (bicyclic) bond motifs is 2. The summed E-state index contributed by atoms with van der Waals surface area (Å²) in [6.07, 6.45) is 3.30. The molecule has 2 unspecified atom stereocenters. The molecule has 2 saturated heterocycles. The second-order valence-corrected chi connectivity index (χ2v) is 5.76. The third kappa shape index (κ3) is 2.12. The number of likely N-dealkylation sites (N-methyl/N-ethyl adjacent to an activating group) is 1. The summed E-state index contributed by atoms with van der Waals surface area (Å²) in [7, 11) is 2.13. The summed E-state index contributed by atoms with van der Waals surface area (Å²) in [6, 6.07) is 5.49. The van der Waals surface area contributed by atoms with Gasteiger partial charge in [0.15, 0.2) is 11.5 Å². The van der Waals surface area contributed by atoms with Crippen LogP contribution < -0.4 is 0 Å². The van der Waals surface area contributed by atoms with Crippen LogP contribution in [0.5, 0.6) is 11.5 Å². The van der Waals surface area contributed by atoms with E-state index in [0.29, 0.717) is 25.2 Å². The average Bonchev–Trinajstić information content (AvgIpc) is 2.66. The van der Waals surface area contributed by atoms with Crippen molar-refractivity contribution in [3.05, 3.63) is 23.8 Å². The Morgan fingerprint density at radius 1 is 1.20 bits per heavy atom. The molecule has 1 aromatic rings. The van der Waals surface area contributed by atoms with E-state index < -0.39 is 0 Å². The number of para-hydroxylation sites is 1. The van der Waals surface area contributed by atoms with Crippen LogP contribution in [0.2, 0.25) is 0 Å². The number of rotatable bonds is 1. The van der Waals surface area contributed by atoms with Crippen molar-refractivity contribution in [2.75, 3.05) is 20.1 Å². The second kappa shape index (κ2) is 4.98. The Morgan fingerprint density at radius 2 is 1.95 bits per heavy atom. The minimum Gasteiger partial charge on any atom is -0.504 e. The summed E-state index contributed by atoms with van der Waals surface area (Å²) in [5.41, 5.74) is 0.186. The molecular weight excluding hydrogens is 256 g/mol. The smallest absolute Gasteiger partial charge is 0.257 e. The SMILES string of the molecule is CN1C2CCC1CN(C(=O)c1cccc(O)c1O)CC2. The lowest BCUT2D eigenvalue weighted by molar-refractivity contribution is 0.0736. The highest BCUT2D eigenvalue weighted by molar-refractivity contribution is 5.97. The lowest BCUT2D eigenvalue weighted by atomic mass is 10.1. The van der Waals surface area contributed by atoms with Crippen LogP contribution in [0.15, 0.2) is 18.2 Å². The Labute approximate surface area is 118 Å². The highest BCUT2D eigenvalue weighted by atomic mass is 16.3. The number of benzene rings is 1. The summed E-state index contributed by atoms with van der Waals surface area (Å²) in [5, 5.41) is 19.4. The van der Waals surface area contributed by atoms with E-state index >= 15 is 0 Å². The molecule has 0 spiro atoms. The first kappa shape index (κ1) is 13.2. The maximum absolute atomic E-state index is 12.5. The molecule has 0 aliphatic carbocycles. The maximum Gasteiger partial charge on any atom is 0.257 e. The van der Waals surface area contributed by atoms with Crippen molar-refractivity contribution in [2.45, 2.75) is 31.3 Å². The van der Waals surface area contributed by atoms with E-state index in [1.165, 1.54) is 12.5 Å². The number of likely N-dealkylation sites (tertiary alicyclic amines) is 1. The van der Waals surface area contributed by atoms with Crippen molar-refractivity contribution in [1.82, 2.24) is 9.80 Å². The quantitative estimate of drug-likeness (QED) is 0.761. The molecule has 2 bridgehead atoms. The van der Waals surface area contributed by atoms with Crippen molar-refractivity contribution in [2.24, 2.45) is 0 Å². The number of aromatic hydroxyl groups is 2. The van der Waals surface area contributed by atoms with Gasteiger partial charge in [-0.05, 0) is 38.4 Å². The number of amides is 1. The third-order valence-corrected chi connectivity index (χ3v) is 4.68. The van der Waals surface area contributed by atoms with Gasteiger partial charge in [0.25, 0.3) is 5.91 Å². The zero-order chi connectivity index (χ0) is 14.3. The first-order chi connectivity index (χ1) is 9.58. The number of carbonyl (C=O) groups excluding carboxylic acids is 1. The van der Waals surface area contributed by atoms with Gasteiger partial charge in [0.2, 0.25) is 0 Å². The molecule has 20 heavy (non-hydrogen) atoms. The Kier molecular flexibility index (Phi) is 3.30. The Morgan fingerprint density at radius 3 is 2.75 bits per heavy atom. The molecule has 0 aromatic heterocycles. The largest absolute Gasteiger partial charge is 0.504 e. The minimum atomic E-state index is -0.319.